The number of carbonyl (C=O) groups is 1. The summed E-state index contributed by atoms with van der Waals surface area (Å²) in [6.07, 6.45) is 6.21. The van der Waals surface area contributed by atoms with Crippen molar-refractivity contribution in [3.63, 3.8) is 0 Å². The zero-order valence-corrected chi connectivity index (χ0v) is 10.5. The molecule has 0 aliphatic carbocycles. The first kappa shape index (κ1) is 16.4. The molecule has 0 aromatic heterocycles. The zero-order valence-electron chi connectivity index (χ0n) is 10.5. The van der Waals surface area contributed by atoms with Crippen molar-refractivity contribution in [3.05, 3.63) is 66.3 Å². The van der Waals surface area contributed by atoms with Crippen molar-refractivity contribution in [1.82, 2.24) is 0 Å². The number of hydrogen-bond acceptors (Lipinski definition) is 3. The number of aliphatic carboxylic acids is 1. The van der Waals surface area contributed by atoms with Gasteiger partial charge in [-0.2, -0.15) is 5.26 Å². The van der Waals surface area contributed by atoms with Crippen LogP contribution in [0.4, 0.5) is 0 Å². The molecule has 98 valence electrons. The lowest BCUT2D eigenvalue weighted by molar-refractivity contribution is -0.132. The molecule has 1 aromatic carbocycles. The molecule has 0 saturated carbocycles. The molecule has 0 atom stereocenters. The molecule has 1 aromatic rings. The summed E-state index contributed by atoms with van der Waals surface area (Å²) < 4.78 is 0. The van der Waals surface area contributed by atoms with E-state index in [4.69, 9.17) is 16.1 Å². The Balaban J connectivity index is 0.000000711. The molecule has 19 heavy (non-hydrogen) atoms. The van der Waals surface area contributed by atoms with Gasteiger partial charge in [-0.3, -0.25) is 0 Å². The Hall–Kier alpha value is -2.64. The van der Waals surface area contributed by atoms with Crippen LogP contribution in [-0.2, 0) is 4.79 Å². The third-order valence-electron chi connectivity index (χ3n) is 1.87. The Morgan fingerprint density at radius 3 is 2.42 bits per heavy atom. The first-order valence-corrected chi connectivity index (χ1v) is 5.53. The van der Waals surface area contributed by atoms with Gasteiger partial charge in [0.1, 0.15) is 11.6 Å². The van der Waals surface area contributed by atoms with Gasteiger partial charge in [-0.05, 0) is 11.6 Å². The van der Waals surface area contributed by atoms with Crippen molar-refractivity contribution >= 4 is 12.0 Å². The molecule has 0 saturated heterocycles. The molecular formula is C15H16N2O2. The van der Waals surface area contributed by atoms with Gasteiger partial charge in [0.25, 0.3) is 0 Å². The summed E-state index contributed by atoms with van der Waals surface area (Å²) in [6, 6.07) is 11.0. The van der Waals surface area contributed by atoms with Crippen molar-refractivity contribution in [1.29, 1.82) is 5.26 Å². The fourth-order valence-electron chi connectivity index (χ4n) is 0.976. The Morgan fingerprint density at radius 1 is 1.42 bits per heavy atom. The number of nitriles is 1. The lowest BCUT2D eigenvalue weighted by Gasteiger charge is -1.89. The summed E-state index contributed by atoms with van der Waals surface area (Å²) in [7, 11) is 0. The summed E-state index contributed by atoms with van der Waals surface area (Å²) in [6.45, 7) is 3.94. The lowest BCUT2D eigenvalue weighted by atomic mass is 10.2. The normalized spacial score (nSPS) is 10.2. The molecule has 0 aliphatic rings. The number of hydrogen-bond donors (Lipinski definition) is 2. The van der Waals surface area contributed by atoms with E-state index in [2.05, 4.69) is 6.58 Å². The molecule has 4 nitrogen and oxygen atoms in total. The second-order valence-electron chi connectivity index (χ2n) is 3.29. The molecule has 0 bridgehead atoms. The van der Waals surface area contributed by atoms with E-state index < -0.39 is 5.97 Å². The molecule has 3 N–H and O–H groups in total. The van der Waals surface area contributed by atoms with Gasteiger partial charge in [-0.15, -0.1) is 6.58 Å². The van der Waals surface area contributed by atoms with Crippen LogP contribution >= 0.6 is 0 Å². The smallest absolute Gasteiger partial charge is 0.346 e. The van der Waals surface area contributed by atoms with Gasteiger partial charge in [0.05, 0.1) is 0 Å². The van der Waals surface area contributed by atoms with E-state index in [-0.39, 0.29) is 5.57 Å². The minimum atomic E-state index is -1.21. The monoisotopic (exact) mass is 256 g/mol. The van der Waals surface area contributed by atoms with Crippen LogP contribution < -0.4 is 5.73 Å². The van der Waals surface area contributed by atoms with Crippen LogP contribution in [0.1, 0.15) is 5.56 Å². The maximum Gasteiger partial charge on any atom is 0.346 e. The average Bonchev–Trinajstić information content (AvgIpc) is 2.44. The zero-order chi connectivity index (χ0) is 14.5. The quantitative estimate of drug-likeness (QED) is 0.374. The molecule has 0 aliphatic heterocycles. The van der Waals surface area contributed by atoms with Gasteiger partial charge >= 0.3 is 5.97 Å². The number of allylic oxidation sites excluding steroid dienone is 2. The number of carboxylic acids is 1. The Bertz CT molecular complexity index is 497. The molecule has 0 fully saturated rings. The van der Waals surface area contributed by atoms with E-state index >= 15 is 0 Å². The lowest BCUT2D eigenvalue weighted by Crippen LogP contribution is -1.96. The molecule has 0 unspecified atom stereocenters. The number of benzene rings is 1. The van der Waals surface area contributed by atoms with Gasteiger partial charge < -0.3 is 10.8 Å². The molecule has 0 spiro atoms. The van der Waals surface area contributed by atoms with Crippen LogP contribution in [0.5, 0.6) is 0 Å². The van der Waals surface area contributed by atoms with Crippen molar-refractivity contribution in [3.8, 4) is 6.07 Å². The van der Waals surface area contributed by atoms with Crippen molar-refractivity contribution < 1.29 is 9.90 Å². The van der Waals surface area contributed by atoms with Crippen molar-refractivity contribution in [2.24, 2.45) is 5.73 Å². The van der Waals surface area contributed by atoms with Gasteiger partial charge in [-0.25, -0.2) is 4.79 Å². The highest BCUT2D eigenvalue weighted by atomic mass is 16.4. The maximum absolute atomic E-state index is 10.4. The minimum absolute atomic E-state index is 0.276. The van der Waals surface area contributed by atoms with Gasteiger partial charge in [0.2, 0.25) is 0 Å². The number of nitrogens with zero attached hydrogens (tertiary/aromatic N) is 1. The molecule has 0 heterocycles. The van der Waals surface area contributed by atoms with Crippen LogP contribution in [0.2, 0.25) is 0 Å². The molecule has 0 radical (unpaired) electrons. The van der Waals surface area contributed by atoms with E-state index in [0.29, 0.717) is 6.54 Å². The van der Waals surface area contributed by atoms with Gasteiger partial charge in [-0.1, -0.05) is 48.6 Å². The molecule has 0 amide bonds. The molecule has 4 heteroatoms. The summed E-state index contributed by atoms with van der Waals surface area (Å²) >= 11 is 0. The second-order valence-corrected chi connectivity index (χ2v) is 3.29. The summed E-state index contributed by atoms with van der Waals surface area (Å²) in [5.74, 6) is -1.21. The van der Waals surface area contributed by atoms with Crippen LogP contribution in [0.15, 0.2) is 60.7 Å². The fraction of sp³-hybridized carbons (Fsp3) is 0.0667. The third-order valence-corrected chi connectivity index (χ3v) is 1.87. The summed E-state index contributed by atoms with van der Waals surface area (Å²) in [5.41, 5.74) is 5.59. The highest BCUT2D eigenvalue weighted by molar-refractivity contribution is 5.91. The van der Waals surface area contributed by atoms with E-state index in [9.17, 15) is 4.79 Å². The van der Waals surface area contributed by atoms with Crippen LogP contribution in [0.25, 0.3) is 6.08 Å². The number of nitrogens with two attached hydrogens (primary N) is 1. The highest BCUT2D eigenvalue weighted by Gasteiger charge is 2.02. The van der Waals surface area contributed by atoms with E-state index in [0.717, 1.165) is 5.56 Å². The predicted molar refractivity (Wildman–Crippen MR) is 76.1 cm³/mol. The van der Waals surface area contributed by atoms with E-state index in [1.54, 1.807) is 24.3 Å². The molecular weight excluding hydrogens is 240 g/mol. The Labute approximate surface area is 112 Å². The highest BCUT2D eigenvalue weighted by Crippen LogP contribution is 2.02. The minimum Gasteiger partial charge on any atom is -0.477 e. The van der Waals surface area contributed by atoms with Crippen LogP contribution in [0, 0.1) is 11.3 Å². The van der Waals surface area contributed by atoms with E-state index in [1.807, 2.05) is 30.3 Å². The average molecular weight is 256 g/mol. The predicted octanol–water partition coefficient (Wildman–Crippen LogP) is 2.37. The van der Waals surface area contributed by atoms with Crippen LogP contribution in [0.3, 0.4) is 0 Å². The van der Waals surface area contributed by atoms with Gasteiger partial charge in [0.15, 0.2) is 0 Å². The standard InChI is InChI=1S/C12H9NO2.C3H7N/c13-9-11(12(14)15)8-4-7-10-5-2-1-3-6-10;1-2-3-4/h1-8H,(H,14,15);2H,1,3-4H2. The van der Waals surface area contributed by atoms with Gasteiger partial charge in [0, 0.05) is 6.54 Å². The first-order valence-electron chi connectivity index (χ1n) is 5.53. The van der Waals surface area contributed by atoms with Crippen molar-refractivity contribution in [2.75, 3.05) is 6.54 Å². The number of rotatable bonds is 4. The Morgan fingerprint density at radius 2 is 2.00 bits per heavy atom. The first-order chi connectivity index (χ1) is 9.15. The Kier molecular flexibility index (Phi) is 9.05. The summed E-state index contributed by atoms with van der Waals surface area (Å²) in [5, 5.41) is 17.0. The van der Waals surface area contributed by atoms with Crippen LogP contribution in [-0.4, -0.2) is 17.6 Å². The SMILES string of the molecule is C=CCN.N#CC(=CC=Cc1ccccc1)C(=O)O. The summed E-state index contributed by atoms with van der Waals surface area (Å²) in [4.78, 5) is 10.4. The van der Waals surface area contributed by atoms with Crippen molar-refractivity contribution in [2.45, 2.75) is 0 Å². The fourth-order valence-corrected chi connectivity index (χ4v) is 0.976. The largest absolute Gasteiger partial charge is 0.477 e. The second kappa shape index (κ2) is 10.5. The maximum atomic E-state index is 10.4. The molecule has 1 rings (SSSR count). The number of carboxylic acid groups (broad SMARTS) is 1. The topological polar surface area (TPSA) is 87.1 Å². The third kappa shape index (κ3) is 8.13. The van der Waals surface area contributed by atoms with E-state index in [1.165, 1.54) is 6.08 Å².